The van der Waals surface area contributed by atoms with E-state index in [-0.39, 0.29) is 11.4 Å². The Labute approximate surface area is 235 Å². The number of piperidine rings is 1. The number of likely N-dealkylation sites (tertiary alicyclic amines) is 1. The molecule has 0 N–H and O–H groups in total. The van der Waals surface area contributed by atoms with Gasteiger partial charge in [-0.3, -0.25) is 13.9 Å². The van der Waals surface area contributed by atoms with Gasteiger partial charge in [0.1, 0.15) is 12.2 Å². The van der Waals surface area contributed by atoms with Crippen molar-refractivity contribution in [2.24, 2.45) is 13.0 Å². The zero-order chi connectivity index (χ0) is 28.9. The average Bonchev–Trinajstić information content (AvgIpc) is 3.47. The van der Waals surface area contributed by atoms with Gasteiger partial charge in [0.15, 0.2) is 0 Å². The summed E-state index contributed by atoms with van der Waals surface area (Å²) in [5.41, 5.74) is -0.272. The van der Waals surface area contributed by atoms with Crippen molar-refractivity contribution in [2.75, 3.05) is 13.1 Å². The van der Waals surface area contributed by atoms with Gasteiger partial charge in [0.25, 0.3) is 0 Å². The normalized spacial score (nSPS) is 19.8. The van der Waals surface area contributed by atoms with E-state index in [1.54, 1.807) is 24.7 Å². The average molecular weight is 564 g/mol. The van der Waals surface area contributed by atoms with Crippen molar-refractivity contribution in [3.05, 3.63) is 93.5 Å². The van der Waals surface area contributed by atoms with Crippen LogP contribution in [0.5, 0.6) is 0 Å². The second-order valence-corrected chi connectivity index (χ2v) is 11.8. The van der Waals surface area contributed by atoms with E-state index in [2.05, 4.69) is 26.9 Å². The predicted molar refractivity (Wildman–Crippen MR) is 148 cm³/mol. The summed E-state index contributed by atoms with van der Waals surface area (Å²) in [7, 11) is 1.84. The van der Waals surface area contributed by atoms with Crippen molar-refractivity contribution >= 4 is 5.52 Å². The molecule has 1 aliphatic carbocycles. The summed E-state index contributed by atoms with van der Waals surface area (Å²) in [5.74, 6) is 0.930. The van der Waals surface area contributed by atoms with Crippen LogP contribution in [0.15, 0.2) is 53.8 Å². The molecule has 0 spiro atoms. The number of nitrogens with zero attached hydrogens (tertiary/aromatic N) is 7. The highest BCUT2D eigenvalue weighted by molar-refractivity contribution is 5.58. The van der Waals surface area contributed by atoms with Gasteiger partial charge in [-0.1, -0.05) is 19.1 Å². The van der Waals surface area contributed by atoms with Gasteiger partial charge in [0, 0.05) is 51.8 Å². The second kappa shape index (κ2) is 10.2. The number of hydrogen-bond acceptors (Lipinski definition) is 4. The third-order valence-electron chi connectivity index (χ3n) is 8.53. The highest BCUT2D eigenvalue weighted by Crippen LogP contribution is 2.48. The Kier molecular flexibility index (Phi) is 6.77. The summed E-state index contributed by atoms with van der Waals surface area (Å²) in [4.78, 5) is 19.7. The zero-order valence-corrected chi connectivity index (χ0v) is 23.1. The maximum absolute atomic E-state index is 14.3. The molecule has 3 aromatic heterocycles. The van der Waals surface area contributed by atoms with Crippen LogP contribution in [0.25, 0.3) is 16.0 Å². The van der Waals surface area contributed by atoms with Crippen LogP contribution in [0, 0.1) is 12.5 Å². The molecule has 0 radical (unpaired) electrons. The molecule has 11 heteroatoms. The van der Waals surface area contributed by atoms with Crippen molar-refractivity contribution in [2.45, 2.75) is 63.2 Å². The summed E-state index contributed by atoms with van der Waals surface area (Å²) in [6.07, 6.45) is 4.10. The van der Waals surface area contributed by atoms with Crippen LogP contribution in [0.1, 0.15) is 67.5 Å². The number of hydrogen-bond donors (Lipinski definition) is 0. The molecule has 1 aromatic carbocycles. The number of benzene rings is 1. The molecule has 2 fully saturated rings. The molecule has 214 valence electrons. The quantitative estimate of drug-likeness (QED) is 0.281. The van der Waals surface area contributed by atoms with Gasteiger partial charge in [0.2, 0.25) is 5.54 Å². The van der Waals surface area contributed by atoms with Crippen molar-refractivity contribution in [3.8, 4) is 5.69 Å². The smallest absolute Gasteiger partial charge is 0.320 e. The molecule has 8 nitrogen and oxygen atoms in total. The topological polar surface area (TPSA) is 64.7 Å². The van der Waals surface area contributed by atoms with Gasteiger partial charge in [-0.2, -0.15) is 13.2 Å². The van der Waals surface area contributed by atoms with Gasteiger partial charge < -0.3 is 9.41 Å². The van der Waals surface area contributed by atoms with E-state index in [4.69, 9.17) is 6.57 Å². The van der Waals surface area contributed by atoms with E-state index < -0.39 is 23.0 Å². The van der Waals surface area contributed by atoms with Crippen molar-refractivity contribution < 1.29 is 13.2 Å². The predicted octanol–water partition coefficient (Wildman–Crippen LogP) is 5.44. The molecule has 4 aromatic rings. The Morgan fingerprint density at radius 2 is 2.02 bits per heavy atom. The molecule has 1 saturated carbocycles. The number of aromatic nitrogens is 5. The second-order valence-electron chi connectivity index (χ2n) is 11.8. The first kappa shape index (κ1) is 27.3. The van der Waals surface area contributed by atoms with Crippen molar-refractivity contribution in [3.63, 3.8) is 0 Å². The Hall–Kier alpha value is -3.91. The summed E-state index contributed by atoms with van der Waals surface area (Å²) in [6.45, 7) is 11.8. The third kappa shape index (κ3) is 5.28. The number of rotatable bonds is 7. The highest BCUT2D eigenvalue weighted by atomic mass is 19.4. The van der Waals surface area contributed by atoms with E-state index in [1.165, 1.54) is 16.8 Å². The minimum absolute atomic E-state index is 0.182. The minimum Gasteiger partial charge on any atom is -0.320 e. The van der Waals surface area contributed by atoms with Crippen LogP contribution >= 0.6 is 0 Å². The molecule has 2 aliphatic rings. The van der Waals surface area contributed by atoms with Crippen LogP contribution in [0.3, 0.4) is 0 Å². The lowest BCUT2D eigenvalue weighted by Crippen LogP contribution is -2.34. The Bertz CT molecular complexity index is 1690. The first-order valence-corrected chi connectivity index (χ1v) is 14.0. The lowest BCUT2D eigenvalue weighted by molar-refractivity contribution is -0.136. The monoisotopic (exact) mass is 563 g/mol. The fourth-order valence-corrected chi connectivity index (χ4v) is 6.18. The van der Waals surface area contributed by atoms with Crippen molar-refractivity contribution in [1.29, 1.82) is 0 Å². The van der Waals surface area contributed by atoms with Gasteiger partial charge >= 0.3 is 11.9 Å². The van der Waals surface area contributed by atoms with Crippen LogP contribution in [0.4, 0.5) is 13.2 Å². The lowest BCUT2D eigenvalue weighted by atomic mass is 9.90. The molecule has 41 heavy (non-hydrogen) atoms. The zero-order valence-electron chi connectivity index (χ0n) is 23.1. The maximum atomic E-state index is 14.3. The van der Waals surface area contributed by atoms with E-state index in [1.807, 2.05) is 23.7 Å². The molecule has 4 heterocycles. The maximum Gasteiger partial charge on any atom is 0.418 e. The van der Waals surface area contributed by atoms with Gasteiger partial charge in [-0.15, -0.1) is 10.2 Å². The molecule has 1 aliphatic heterocycles. The number of halogens is 3. The number of pyridine rings is 1. The summed E-state index contributed by atoms with van der Waals surface area (Å²) >= 11 is 0. The number of fused-ring (bicyclic) bond motifs is 1. The van der Waals surface area contributed by atoms with Gasteiger partial charge in [-0.05, 0) is 54.6 Å². The van der Waals surface area contributed by atoms with Gasteiger partial charge in [0.05, 0.1) is 22.7 Å². The van der Waals surface area contributed by atoms with Gasteiger partial charge in [-0.25, -0.2) is 11.4 Å². The van der Waals surface area contributed by atoms with Crippen molar-refractivity contribution in [1.82, 2.24) is 28.6 Å². The van der Waals surface area contributed by atoms with Crippen LogP contribution in [0.2, 0.25) is 0 Å². The lowest BCUT2D eigenvalue weighted by Gasteiger charge is -2.31. The molecule has 0 amide bonds. The molecule has 0 bridgehead atoms. The number of aryl methyl sites for hydroxylation is 1. The number of alkyl halides is 3. The molecule has 1 saturated heterocycles. The fourth-order valence-electron chi connectivity index (χ4n) is 6.18. The summed E-state index contributed by atoms with van der Waals surface area (Å²) in [5, 5.41) is 8.32. The SMILES string of the molecule is [C-]#[N+]C1(C[C@H](c2cccc(-n3cc4c(C(F)(F)F)cc(CN5CCC[C@H](C)C5)cn4c3=O)c2)c2nncn2C)CC1. The van der Waals surface area contributed by atoms with Crippen LogP contribution in [-0.4, -0.2) is 47.3 Å². The van der Waals surface area contributed by atoms with E-state index >= 15 is 0 Å². The summed E-state index contributed by atoms with van der Waals surface area (Å²) in [6, 6.07) is 8.39. The Morgan fingerprint density at radius 3 is 2.68 bits per heavy atom. The first-order valence-electron chi connectivity index (χ1n) is 14.0. The van der Waals surface area contributed by atoms with E-state index in [0.717, 1.165) is 48.7 Å². The molecule has 6 rings (SSSR count). The van der Waals surface area contributed by atoms with E-state index in [9.17, 15) is 18.0 Å². The Balaban J connectivity index is 1.42. The highest BCUT2D eigenvalue weighted by Gasteiger charge is 2.53. The molecule has 0 unspecified atom stereocenters. The molecule has 2 atom stereocenters. The fraction of sp³-hybridized carbons (Fsp3) is 0.467. The first-order chi connectivity index (χ1) is 19.6. The van der Waals surface area contributed by atoms with E-state index in [0.29, 0.717) is 36.0 Å². The standard InChI is InChI=1S/C30H32F3N7O/c1-20-6-5-11-38(15-20)16-21-12-25(30(31,32)33)26-18-39(28(41)40(26)17-21)23-8-4-7-22(13-23)24(14-29(34-2)9-10-29)27-36-35-19-37(27)3/h4,7-8,12-13,17-20,24H,5-6,9-11,14-16H2,1,3H3/t20-,24+/m0/s1. The van der Waals surface area contributed by atoms with Crippen LogP contribution in [-0.2, 0) is 19.8 Å². The third-order valence-corrected chi connectivity index (χ3v) is 8.53. The Morgan fingerprint density at radius 1 is 1.22 bits per heavy atom. The van der Waals surface area contributed by atoms with Crippen LogP contribution < -0.4 is 5.69 Å². The minimum atomic E-state index is -4.62. The molecular weight excluding hydrogens is 531 g/mol. The molecular formula is C30H32F3N7O. The number of imidazole rings is 1. The summed E-state index contributed by atoms with van der Waals surface area (Å²) < 4.78 is 47.0. The largest absolute Gasteiger partial charge is 0.418 e.